The SMILES string of the molecule is Cc1ccc(COC(=O)Cn2cnc3sc(C)c(C)c3c2=O)cc1. The zero-order chi connectivity index (χ0) is 17.3. The molecule has 0 bridgehead atoms. The minimum Gasteiger partial charge on any atom is -0.459 e. The molecule has 1 aromatic carbocycles. The maximum atomic E-state index is 12.5. The molecule has 0 aliphatic rings. The number of hydrogen-bond acceptors (Lipinski definition) is 5. The highest BCUT2D eigenvalue weighted by Gasteiger charge is 2.14. The molecule has 0 saturated heterocycles. The van der Waals surface area contributed by atoms with E-state index in [0.717, 1.165) is 21.6 Å². The second-order valence-corrected chi connectivity index (χ2v) is 6.99. The maximum Gasteiger partial charge on any atom is 0.326 e. The topological polar surface area (TPSA) is 61.2 Å². The lowest BCUT2D eigenvalue weighted by Crippen LogP contribution is -2.25. The average Bonchev–Trinajstić information content (AvgIpc) is 2.85. The molecule has 124 valence electrons. The molecular formula is C18H18N2O3S. The van der Waals surface area contributed by atoms with E-state index in [1.54, 1.807) is 0 Å². The fourth-order valence-corrected chi connectivity index (χ4v) is 3.40. The van der Waals surface area contributed by atoms with Gasteiger partial charge in [-0.05, 0) is 31.9 Å². The van der Waals surface area contributed by atoms with Crippen molar-refractivity contribution in [3.05, 3.63) is 62.5 Å². The molecule has 24 heavy (non-hydrogen) atoms. The van der Waals surface area contributed by atoms with E-state index in [9.17, 15) is 9.59 Å². The van der Waals surface area contributed by atoms with Gasteiger partial charge in [0.25, 0.3) is 5.56 Å². The van der Waals surface area contributed by atoms with E-state index >= 15 is 0 Å². The van der Waals surface area contributed by atoms with Crippen molar-refractivity contribution in [3.63, 3.8) is 0 Å². The van der Waals surface area contributed by atoms with Gasteiger partial charge in [0, 0.05) is 4.88 Å². The van der Waals surface area contributed by atoms with E-state index in [1.807, 2.05) is 45.0 Å². The van der Waals surface area contributed by atoms with E-state index in [-0.39, 0.29) is 18.7 Å². The summed E-state index contributed by atoms with van der Waals surface area (Å²) < 4.78 is 6.56. The molecule has 3 aromatic rings. The molecule has 2 aromatic heterocycles. The minimum atomic E-state index is -0.455. The maximum absolute atomic E-state index is 12.5. The van der Waals surface area contributed by atoms with Crippen LogP contribution in [0, 0.1) is 20.8 Å². The number of hydrogen-bond donors (Lipinski definition) is 0. The van der Waals surface area contributed by atoms with Gasteiger partial charge in [0.1, 0.15) is 18.0 Å². The third-order valence-corrected chi connectivity index (χ3v) is 5.09. The van der Waals surface area contributed by atoms with E-state index in [2.05, 4.69) is 4.98 Å². The van der Waals surface area contributed by atoms with Crippen molar-refractivity contribution in [1.29, 1.82) is 0 Å². The van der Waals surface area contributed by atoms with Crippen LogP contribution in [0.3, 0.4) is 0 Å². The standard InChI is InChI=1S/C18H18N2O3S/c1-11-4-6-14(7-5-11)9-23-15(21)8-20-10-19-17-16(18(20)22)12(2)13(3)24-17/h4-7,10H,8-9H2,1-3H3. The molecule has 3 rings (SSSR count). The predicted molar refractivity (Wildman–Crippen MR) is 94.3 cm³/mol. The van der Waals surface area contributed by atoms with Crippen LogP contribution in [0.2, 0.25) is 0 Å². The van der Waals surface area contributed by atoms with Crippen molar-refractivity contribution in [2.75, 3.05) is 0 Å². The smallest absolute Gasteiger partial charge is 0.326 e. The molecule has 0 atom stereocenters. The van der Waals surface area contributed by atoms with Gasteiger partial charge >= 0.3 is 5.97 Å². The molecule has 0 saturated carbocycles. The molecule has 0 N–H and O–H groups in total. The highest BCUT2D eigenvalue weighted by molar-refractivity contribution is 7.18. The number of benzene rings is 1. The van der Waals surface area contributed by atoms with E-state index < -0.39 is 5.97 Å². The Bertz CT molecular complexity index is 955. The number of fused-ring (bicyclic) bond motifs is 1. The van der Waals surface area contributed by atoms with Crippen LogP contribution in [0.15, 0.2) is 35.4 Å². The van der Waals surface area contributed by atoms with Gasteiger partial charge in [-0.2, -0.15) is 0 Å². The molecule has 0 fully saturated rings. The Morgan fingerprint density at radius 2 is 1.92 bits per heavy atom. The molecule has 2 heterocycles. The summed E-state index contributed by atoms with van der Waals surface area (Å²) in [5, 5.41) is 0.589. The Balaban J connectivity index is 1.73. The van der Waals surface area contributed by atoms with Crippen LogP contribution in [0.4, 0.5) is 0 Å². The quantitative estimate of drug-likeness (QED) is 0.684. The fraction of sp³-hybridized carbons (Fsp3) is 0.278. The van der Waals surface area contributed by atoms with Gasteiger partial charge in [0.15, 0.2) is 0 Å². The van der Waals surface area contributed by atoms with E-state index in [1.165, 1.54) is 22.2 Å². The Labute approximate surface area is 143 Å². The highest BCUT2D eigenvalue weighted by Crippen LogP contribution is 2.25. The van der Waals surface area contributed by atoms with Gasteiger partial charge in [0.05, 0.1) is 11.7 Å². The summed E-state index contributed by atoms with van der Waals surface area (Å²) in [6.07, 6.45) is 1.41. The molecule has 0 aliphatic heterocycles. The first kappa shape index (κ1) is 16.4. The van der Waals surface area contributed by atoms with Crippen molar-refractivity contribution in [2.45, 2.75) is 33.9 Å². The number of carbonyl (C=O) groups excluding carboxylic acids is 1. The zero-order valence-electron chi connectivity index (χ0n) is 13.8. The summed E-state index contributed by atoms with van der Waals surface area (Å²) in [6.45, 7) is 5.92. The number of thiophene rings is 1. The van der Waals surface area contributed by atoms with Crippen LogP contribution < -0.4 is 5.56 Å². The van der Waals surface area contributed by atoms with Gasteiger partial charge in [-0.3, -0.25) is 14.2 Å². The predicted octanol–water partition coefficient (Wildman–Crippen LogP) is 3.13. The van der Waals surface area contributed by atoms with Crippen LogP contribution in [-0.2, 0) is 22.7 Å². The summed E-state index contributed by atoms with van der Waals surface area (Å²) in [7, 11) is 0. The molecule has 0 amide bonds. The van der Waals surface area contributed by atoms with Crippen molar-refractivity contribution < 1.29 is 9.53 Å². The second kappa shape index (κ2) is 6.57. The Morgan fingerprint density at radius 3 is 2.62 bits per heavy atom. The number of nitrogens with zero attached hydrogens (tertiary/aromatic N) is 2. The lowest BCUT2D eigenvalue weighted by atomic mass is 10.2. The van der Waals surface area contributed by atoms with Crippen LogP contribution >= 0.6 is 11.3 Å². The summed E-state index contributed by atoms with van der Waals surface area (Å²) in [5.41, 5.74) is 2.79. The van der Waals surface area contributed by atoms with Gasteiger partial charge in [0.2, 0.25) is 0 Å². The van der Waals surface area contributed by atoms with Crippen LogP contribution in [0.25, 0.3) is 10.2 Å². The summed E-state index contributed by atoms with van der Waals surface area (Å²) >= 11 is 1.49. The first-order valence-electron chi connectivity index (χ1n) is 7.62. The Morgan fingerprint density at radius 1 is 1.21 bits per heavy atom. The molecular weight excluding hydrogens is 324 g/mol. The number of aryl methyl sites for hydroxylation is 3. The lowest BCUT2D eigenvalue weighted by molar-refractivity contribution is -0.145. The largest absolute Gasteiger partial charge is 0.459 e. The third-order valence-electron chi connectivity index (χ3n) is 3.98. The van der Waals surface area contributed by atoms with E-state index in [0.29, 0.717) is 10.2 Å². The van der Waals surface area contributed by atoms with Gasteiger partial charge in [-0.15, -0.1) is 11.3 Å². The Hall–Kier alpha value is -2.47. The Kier molecular flexibility index (Phi) is 4.49. The summed E-state index contributed by atoms with van der Waals surface area (Å²) in [5.74, 6) is -0.455. The third kappa shape index (κ3) is 3.23. The number of esters is 1. The van der Waals surface area contributed by atoms with Crippen molar-refractivity contribution in [1.82, 2.24) is 9.55 Å². The molecule has 0 radical (unpaired) electrons. The van der Waals surface area contributed by atoms with Crippen molar-refractivity contribution >= 4 is 27.5 Å². The first-order chi connectivity index (χ1) is 11.5. The van der Waals surface area contributed by atoms with Crippen molar-refractivity contribution in [3.8, 4) is 0 Å². The molecule has 5 nitrogen and oxygen atoms in total. The average molecular weight is 342 g/mol. The summed E-state index contributed by atoms with van der Waals surface area (Å²) in [6, 6.07) is 7.76. The zero-order valence-corrected chi connectivity index (χ0v) is 14.6. The highest BCUT2D eigenvalue weighted by atomic mass is 32.1. The number of rotatable bonds is 4. The molecule has 0 unspecified atom stereocenters. The fourth-order valence-electron chi connectivity index (χ4n) is 2.42. The van der Waals surface area contributed by atoms with Crippen LogP contribution in [-0.4, -0.2) is 15.5 Å². The number of aromatic nitrogens is 2. The normalized spacial score (nSPS) is 11.0. The van der Waals surface area contributed by atoms with E-state index in [4.69, 9.17) is 4.74 Å². The lowest BCUT2D eigenvalue weighted by Gasteiger charge is -2.07. The second-order valence-electron chi connectivity index (χ2n) is 5.79. The summed E-state index contributed by atoms with van der Waals surface area (Å²) in [4.78, 5) is 30.6. The van der Waals surface area contributed by atoms with Gasteiger partial charge in [-0.1, -0.05) is 29.8 Å². The van der Waals surface area contributed by atoms with Crippen LogP contribution in [0.5, 0.6) is 0 Å². The van der Waals surface area contributed by atoms with Gasteiger partial charge < -0.3 is 4.74 Å². The van der Waals surface area contributed by atoms with Crippen molar-refractivity contribution in [2.24, 2.45) is 0 Å². The first-order valence-corrected chi connectivity index (χ1v) is 8.43. The van der Waals surface area contributed by atoms with Crippen LogP contribution in [0.1, 0.15) is 21.6 Å². The molecule has 0 spiro atoms. The number of ether oxygens (including phenoxy) is 1. The monoisotopic (exact) mass is 342 g/mol. The number of carbonyl (C=O) groups is 1. The molecule has 6 heteroatoms. The molecule has 0 aliphatic carbocycles. The minimum absolute atomic E-state index is 0.137. The van der Waals surface area contributed by atoms with Gasteiger partial charge in [-0.25, -0.2) is 4.98 Å².